The Kier molecular flexibility index (Phi) is 6.61. The summed E-state index contributed by atoms with van der Waals surface area (Å²) in [5.41, 5.74) is 4.58. The lowest BCUT2D eigenvalue weighted by atomic mass is 10.0. The summed E-state index contributed by atoms with van der Waals surface area (Å²) in [5.74, 6) is -0.314. The molecule has 1 N–H and O–H groups in total. The van der Waals surface area contributed by atoms with Crippen LogP contribution < -0.4 is 5.32 Å². The zero-order valence-electron chi connectivity index (χ0n) is 16.3. The number of nitrogens with one attached hydrogen (secondary N) is 1. The van der Waals surface area contributed by atoms with E-state index in [2.05, 4.69) is 5.32 Å². The minimum atomic E-state index is -0.316. The molecule has 1 aromatic heterocycles. The number of carbonyl (C=O) groups is 2. The van der Waals surface area contributed by atoms with E-state index in [1.165, 1.54) is 0 Å². The summed E-state index contributed by atoms with van der Waals surface area (Å²) < 4.78 is 7.00. The summed E-state index contributed by atoms with van der Waals surface area (Å²) in [6.07, 6.45) is 0.976. The van der Waals surface area contributed by atoms with E-state index in [0.717, 1.165) is 22.4 Å². The molecule has 0 aliphatic carbocycles. The van der Waals surface area contributed by atoms with Crippen molar-refractivity contribution in [3.63, 3.8) is 0 Å². The Hall–Kier alpha value is -2.56. The van der Waals surface area contributed by atoms with Crippen LogP contribution in [0.5, 0.6) is 0 Å². The minimum absolute atomic E-state index is 0.00157. The normalized spacial score (nSPS) is 11.9. The molecule has 0 radical (unpaired) electrons. The van der Waals surface area contributed by atoms with Gasteiger partial charge in [-0.05, 0) is 50.8 Å². The Bertz CT molecular complexity index is 778. The van der Waals surface area contributed by atoms with Crippen molar-refractivity contribution >= 4 is 11.9 Å². The number of carbonyl (C=O) groups excluding carboxylic acids is 2. The lowest BCUT2D eigenvalue weighted by Gasteiger charge is -2.14. The van der Waals surface area contributed by atoms with Gasteiger partial charge in [0.25, 0.3) is 0 Å². The van der Waals surface area contributed by atoms with Gasteiger partial charge in [0, 0.05) is 19.2 Å². The molecule has 0 spiro atoms. The van der Waals surface area contributed by atoms with E-state index in [1.54, 1.807) is 6.92 Å². The van der Waals surface area contributed by atoms with Gasteiger partial charge in [-0.2, -0.15) is 0 Å². The monoisotopic (exact) mass is 356 g/mol. The molecule has 1 heterocycles. The maximum Gasteiger partial charge on any atom is 0.355 e. The number of benzene rings is 1. The molecule has 1 atom stereocenters. The van der Waals surface area contributed by atoms with Crippen LogP contribution in [0.3, 0.4) is 0 Å². The van der Waals surface area contributed by atoms with Crippen LogP contribution in [0.4, 0.5) is 0 Å². The molecule has 2 rings (SSSR count). The highest BCUT2D eigenvalue weighted by Gasteiger charge is 2.22. The van der Waals surface area contributed by atoms with Gasteiger partial charge in [-0.3, -0.25) is 4.79 Å². The molecule has 2 aromatic rings. The Labute approximate surface area is 155 Å². The lowest BCUT2D eigenvalue weighted by Crippen LogP contribution is -2.26. The molecule has 0 unspecified atom stereocenters. The van der Waals surface area contributed by atoms with Gasteiger partial charge in [-0.1, -0.05) is 30.3 Å². The quantitative estimate of drug-likeness (QED) is 0.771. The van der Waals surface area contributed by atoms with Gasteiger partial charge in [0.1, 0.15) is 5.69 Å². The number of rotatable bonds is 7. The minimum Gasteiger partial charge on any atom is -0.461 e. The van der Waals surface area contributed by atoms with E-state index in [0.29, 0.717) is 25.1 Å². The Morgan fingerprint density at radius 2 is 1.85 bits per heavy atom. The summed E-state index contributed by atoms with van der Waals surface area (Å²) in [6, 6.07) is 9.86. The van der Waals surface area contributed by atoms with Crippen molar-refractivity contribution in [3.8, 4) is 0 Å². The smallest absolute Gasteiger partial charge is 0.355 e. The number of aromatic nitrogens is 1. The first-order valence-corrected chi connectivity index (χ1v) is 9.03. The predicted octanol–water partition coefficient (Wildman–Crippen LogP) is 3.63. The fourth-order valence-corrected chi connectivity index (χ4v) is 3.27. The third-order valence-corrected chi connectivity index (χ3v) is 4.83. The van der Waals surface area contributed by atoms with Gasteiger partial charge < -0.3 is 14.6 Å². The van der Waals surface area contributed by atoms with Gasteiger partial charge in [0.2, 0.25) is 5.91 Å². The number of nitrogens with zero attached hydrogens (tertiary/aromatic N) is 1. The SMILES string of the molecule is CCOC(=O)c1c(C)c(CCC(=O)N[C@H](C)c2ccccc2)c(C)n1C. The first kappa shape index (κ1) is 19.8. The van der Waals surface area contributed by atoms with Crippen molar-refractivity contribution in [2.75, 3.05) is 6.61 Å². The number of ether oxygens (including phenoxy) is 1. The molecule has 1 aromatic carbocycles. The summed E-state index contributed by atoms with van der Waals surface area (Å²) in [6.45, 7) is 8.00. The van der Waals surface area contributed by atoms with Gasteiger partial charge in [-0.25, -0.2) is 4.79 Å². The molecule has 5 heteroatoms. The highest BCUT2D eigenvalue weighted by Crippen LogP contribution is 2.23. The van der Waals surface area contributed by atoms with Crippen molar-refractivity contribution in [3.05, 3.63) is 58.4 Å². The van der Waals surface area contributed by atoms with Crippen molar-refractivity contribution in [1.82, 2.24) is 9.88 Å². The second-order valence-corrected chi connectivity index (χ2v) is 6.52. The third-order valence-electron chi connectivity index (χ3n) is 4.83. The van der Waals surface area contributed by atoms with Crippen LogP contribution in [0.25, 0.3) is 0 Å². The molecule has 26 heavy (non-hydrogen) atoms. The van der Waals surface area contributed by atoms with E-state index < -0.39 is 0 Å². The average molecular weight is 356 g/mol. The lowest BCUT2D eigenvalue weighted by molar-refractivity contribution is -0.121. The molecular formula is C21H28N2O3. The summed E-state index contributed by atoms with van der Waals surface area (Å²) in [7, 11) is 1.86. The molecule has 140 valence electrons. The van der Waals surface area contributed by atoms with Crippen molar-refractivity contribution in [2.45, 2.75) is 46.6 Å². The number of esters is 1. The van der Waals surface area contributed by atoms with Crippen LogP contribution in [0.15, 0.2) is 30.3 Å². The Morgan fingerprint density at radius 1 is 1.19 bits per heavy atom. The standard InChI is InChI=1S/C21H28N2O3/c1-6-26-21(25)20-14(2)18(16(4)23(20)5)12-13-19(24)22-15(3)17-10-8-7-9-11-17/h7-11,15H,6,12-13H2,1-5H3,(H,22,24)/t15-/m1/s1. The average Bonchev–Trinajstić information content (AvgIpc) is 2.83. The molecule has 0 aliphatic rings. The van der Waals surface area contributed by atoms with Crippen LogP contribution in [0.1, 0.15) is 59.2 Å². The first-order valence-electron chi connectivity index (χ1n) is 9.03. The topological polar surface area (TPSA) is 60.3 Å². The van der Waals surface area contributed by atoms with Crippen molar-refractivity contribution in [2.24, 2.45) is 7.05 Å². The second kappa shape index (κ2) is 8.70. The molecule has 0 aliphatic heterocycles. The molecule has 5 nitrogen and oxygen atoms in total. The van der Waals surface area contributed by atoms with Gasteiger partial charge >= 0.3 is 5.97 Å². The highest BCUT2D eigenvalue weighted by molar-refractivity contribution is 5.90. The van der Waals surface area contributed by atoms with E-state index in [-0.39, 0.29) is 17.9 Å². The largest absolute Gasteiger partial charge is 0.461 e. The van der Waals surface area contributed by atoms with Crippen molar-refractivity contribution in [1.29, 1.82) is 0 Å². The maximum absolute atomic E-state index is 12.3. The third kappa shape index (κ3) is 4.34. The molecular weight excluding hydrogens is 328 g/mol. The zero-order chi connectivity index (χ0) is 19.3. The van der Waals surface area contributed by atoms with Crippen LogP contribution in [0.2, 0.25) is 0 Å². The molecule has 1 amide bonds. The predicted molar refractivity (Wildman–Crippen MR) is 102 cm³/mol. The summed E-state index contributed by atoms with van der Waals surface area (Å²) in [5, 5.41) is 3.03. The van der Waals surface area contributed by atoms with Crippen molar-refractivity contribution < 1.29 is 14.3 Å². The zero-order valence-corrected chi connectivity index (χ0v) is 16.3. The number of hydrogen-bond donors (Lipinski definition) is 1. The second-order valence-electron chi connectivity index (χ2n) is 6.52. The number of hydrogen-bond acceptors (Lipinski definition) is 3. The van der Waals surface area contributed by atoms with Gasteiger partial charge in [0.05, 0.1) is 12.6 Å². The summed E-state index contributed by atoms with van der Waals surface area (Å²) in [4.78, 5) is 24.5. The Balaban J connectivity index is 2.04. The fraction of sp³-hybridized carbons (Fsp3) is 0.429. The van der Waals surface area contributed by atoms with Crippen LogP contribution >= 0.6 is 0 Å². The first-order chi connectivity index (χ1) is 12.4. The highest BCUT2D eigenvalue weighted by atomic mass is 16.5. The Morgan fingerprint density at radius 3 is 2.46 bits per heavy atom. The van der Waals surface area contributed by atoms with E-state index in [1.807, 2.05) is 62.7 Å². The summed E-state index contributed by atoms with van der Waals surface area (Å²) >= 11 is 0. The van der Waals surface area contributed by atoms with Crippen LogP contribution in [-0.2, 0) is 23.0 Å². The maximum atomic E-state index is 12.3. The van der Waals surface area contributed by atoms with Crippen LogP contribution in [-0.4, -0.2) is 23.1 Å². The molecule has 0 fully saturated rings. The molecule has 0 bridgehead atoms. The molecule has 0 saturated heterocycles. The number of amides is 1. The van der Waals surface area contributed by atoms with E-state index >= 15 is 0 Å². The molecule has 0 saturated carbocycles. The van der Waals surface area contributed by atoms with Crippen LogP contribution in [0, 0.1) is 13.8 Å². The van der Waals surface area contributed by atoms with E-state index in [9.17, 15) is 9.59 Å². The fourth-order valence-electron chi connectivity index (χ4n) is 3.27. The van der Waals surface area contributed by atoms with Gasteiger partial charge in [-0.15, -0.1) is 0 Å². The van der Waals surface area contributed by atoms with E-state index in [4.69, 9.17) is 4.74 Å². The van der Waals surface area contributed by atoms with Gasteiger partial charge in [0.15, 0.2) is 0 Å².